The monoisotopic (exact) mass is 705 g/mol. The van der Waals surface area contributed by atoms with Crippen molar-refractivity contribution < 1.29 is 31.8 Å². The molecule has 2 saturated heterocycles. The number of fused-ring (bicyclic) bond motifs is 2. The van der Waals surface area contributed by atoms with Gasteiger partial charge in [-0.2, -0.15) is 0 Å². The Bertz CT molecular complexity index is 2000. The van der Waals surface area contributed by atoms with Gasteiger partial charge in [-0.05, 0) is 80.1 Å². The number of oxazole rings is 1. The van der Waals surface area contributed by atoms with Crippen LogP contribution in [0.5, 0.6) is 17.2 Å². The van der Waals surface area contributed by atoms with E-state index in [1.54, 1.807) is 36.5 Å². The molecule has 14 heteroatoms. The second-order valence-corrected chi connectivity index (χ2v) is 15.0. The molecule has 1 amide bonds. The van der Waals surface area contributed by atoms with E-state index in [1.807, 2.05) is 17.0 Å². The lowest BCUT2D eigenvalue weighted by molar-refractivity contribution is -0.127. The summed E-state index contributed by atoms with van der Waals surface area (Å²) < 4.78 is 53.5. The van der Waals surface area contributed by atoms with E-state index in [-0.39, 0.29) is 17.4 Å². The van der Waals surface area contributed by atoms with Gasteiger partial charge in [-0.15, -0.1) is 0 Å². The van der Waals surface area contributed by atoms with Crippen molar-refractivity contribution in [2.24, 2.45) is 0 Å². The number of hydrogen-bond donors (Lipinski definition) is 0. The van der Waals surface area contributed by atoms with Gasteiger partial charge in [-0.3, -0.25) is 14.6 Å². The molecule has 0 aliphatic carbocycles. The second-order valence-electron chi connectivity index (χ2n) is 12.8. The van der Waals surface area contributed by atoms with Gasteiger partial charge in [0.2, 0.25) is 12.7 Å². The first kappa shape index (κ1) is 32.1. The lowest BCUT2D eigenvalue weighted by atomic mass is 9.80. The number of hydrogen-bond acceptors (Lipinski definition) is 11. The molecule has 2 atom stereocenters. The minimum absolute atomic E-state index is 0.0377. The number of halogens is 1. The predicted molar refractivity (Wildman–Crippen MR) is 180 cm³/mol. The van der Waals surface area contributed by atoms with Gasteiger partial charge in [0.05, 0.1) is 29.9 Å². The number of piperazine rings is 1. The number of methoxy groups -OCH3 is 1. The zero-order valence-corrected chi connectivity index (χ0v) is 28.7. The maximum atomic E-state index is 15.7. The first-order chi connectivity index (χ1) is 23.7. The molecule has 2 fully saturated rings. The predicted octanol–water partition coefficient (Wildman–Crippen LogP) is 4.63. The maximum absolute atomic E-state index is 15.7. The Labute approximate surface area is 289 Å². The Morgan fingerprint density at radius 1 is 1.00 bits per heavy atom. The van der Waals surface area contributed by atoms with Crippen molar-refractivity contribution >= 4 is 33.2 Å². The molecule has 0 radical (unpaired) electrons. The molecular formula is C35H36ClN5O7S. The van der Waals surface area contributed by atoms with E-state index in [2.05, 4.69) is 21.8 Å². The summed E-state index contributed by atoms with van der Waals surface area (Å²) in [4.78, 5) is 26.8. The van der Waals surface area contributed by atoms with E-state index in [0.29, 0.717) is 65.2 Å². The van der Waals surface area contributed by atoms with E-state index in [4.69, 9.17) is 30.2 Å². The number of aromatic nitrogens is 1. The summed E-state index contributed by atoms with van der Waals surface area (Å²) in [5.41, 5.74) is 0.343. The minimum atomic E-state index is -4.44. The van der Waals surface area contributed by atoms with Crippen LogP contribution in [0.25, 0.3) is 0 Å². The number of rotatable bonds is 8. The van der Waals surface area contributed by atoms with Crippen LogP contribution in [0.2, 0.25) is 5.02 Å². The summed E-state index contributed by atoms with van der Waals surface area (Å²) in [6.45, 7) is 4.67. The van der Waals surface area contributed by atoms with Crippen LogP contribution in [0.15, 0.2) is 76.4 Å². The normalized spacial score (nSPS) is 23.0. The highest BCUT2D eigenvalue weighted by molar-refractivity contribution is 7.93. The number of likely N-dealkylation sites (tertiary alicyclic amines) is 1. The van der Waals surface area contributed by atoms with Gasteiger partial charge in [0.15, 0.2) is 17.0 Å². The zero-order chi connectivity index (χ0) is 33.9. The van der Waals surface area contributed by atoms with Crippen molar-refractivity contribution in [1.82, 2.24) is 19.7 Å². The lowest BCUT2D eigenvalue weighted by Gasteiger charge is -2.41. The van der Waals surface area contributed by atoms with Crippen LogP contribution in [0, 0.1) is 0 Å². The van der Waals surface area contributed by atoms with E-state index >= 15 is 4.79 Å². The summed E-state index contributed by atoms with van der Waals surface area (Å²) in [6, 6.07) is 14.4. The highest BCUT2D eigenvalue weighted by atomic mass is 35.5. The third-order valence-electron chi connectivity index (χ3n) is 10.0. The maximum Gasteiger partial charge on any atom is 0.271 e. The number of carbonyl (C=O) groups is 1. The van der Waals surface area contributed by atoms with Gasteiger partial charge < -0.3 is 23.5 Å². The first-order valence-corrected chi connectivity index (χ1v) is 18.1. The Hall–Kier alpha value is -4.14. The van der Waals surface area contributed by atoms with Crippen molar-refractivity contribution in [2.45, 2.75) is 35.9 Å². The molecule has 4 aromatic rings. The number of ether oxygens (including phenoxy) is 3. The molecular weight excluding hydrogens is 670 g/mol. The topological polar surface area (TPSA) is 118 Å². The first-order valence-electron chi connectivity index (χ1n) is 16.3. The van der Waals surface area contributed by atoms with Gasteiger partial charge in [0.1, 0.15) is 12.0 Å². The summed E-state index contributed by atoms with van der Waals surface area (Å²) in [5.74, 6) is 1.15. The van der Waals surface area contributed by atoms with Crippen LogP contribution in [0.4, 0.5) is 5.69 Å². The number of nitrogens with zero attached hydrogens (tertiary/aromatic N) is 5. The molecule has 0 spiro atoms. The van der Waals surface area contributed by atoms with Gasteiger partial charge >= 0.3 is 0 Å². The Morgan fingerprint density at radius 3 is 2.53 bits per heavy atom. The van der Waals surface area contributed by atoms with Crippen molar-refractivity contribution in [2.75, 3.05) is 58.0 Å². The largest absolute Gasteiger partial charge is 0.497 e. The van der Waals surface area contributed by atoms with E-state index < -0.39 is 27.5 Å². The highest BCUT2D eigenvalue weighted by Gasteiger charge is 2.63. The lowest BCUT2D eigenvalue weighted by Crippen LogP contribution is -2.54. The fourth-order valence-electron chi connectivity index (χ4n) is 7.65. The molecule has 0 N–H and O–H groups in total. The molecule has 1 aromatic heterocycles. The number of likely N-dealkylation sites (N-methyl/N-ethyl adjacent to an activating group) is 1. The van der Waals surface area contributed by atoms with Crippen LogP contribution in [0.1, 0.15) is 41.5 Å². The summed E-state index contributed by atoms with van der Waals surface area (Å²) in [5, 5.41) is 0.355. The van der Waals surface area contributed by atoms with Crippen LogP contribution >= 0.6 is 11.6 Å². The second kappa shape index (κ2) is 12.3. The number of benzene rings is 3. The van der Waals surface area contributed by atoms with Crippen LogP contribution < -0.4 is 18.5 Å². The number of amides is 1. The molecule has 2 unspecified atom stereocenters. The molecule has 8 rings (SSSR count). The zero-order valence-electron chi connectivity index (χ0n) is 27.2. The molecule has 3 aromatic carbocycles. The fourth-order valence-corrected chi connectivity index (χ4v) is 9.28. The van der Waals surface area contributed by atoms with Crippen LogP contribution in [-0.2, 0) is 26.9 Å². The van der Waals surface area contributed by atoms with Gasteiger partial charge in [-0.1, -0.05) is 11.6 Å². The number of anilines is 1. The van der Waals surface area contributed by atoms with Crippen LogP contribution in [0.3, 0.4) is 0 Å². The van der Waals surface area contributed by atoms with E-state index in [9.17, 15) is 8.42 Å². The average molecular weight is 706 g/mol. The molecule has 256 valence electrons. The quantitative estimate of drug-likeness (QED) is 0.256. The molecule has 12 nitrogen and oxygen atoms in total. The number of sulfonamides is 1. The molecule has 5 heterocycles. The molecule has 0 saturated carbocycles. The standard InChI is InChI=1S/C35H36ClN5O7S/c1-38-13-15-39(16-14-38)21-23-18-28(32-31(19-23)47-22-48-32)35(40-12-3-4-30(40)33-37-11-17-46-33)27-20-24(36)5-10-29(27)41(34(35)42)49(43,44)26-8-6-25(45-2)7-9-26/h5-11,17-20,30H,3-4,12-16,21-22H2,1-2H3. The highest BCUT2D eigenvalue weighted by Crippen LogP contribution is 2.58. The summed E-state index contributed by atoms with van der Waals surface area (Å²) in [7, 11) is -0.821. The Morgan fingerprint density at radius 2 is 1.80 bits per heavy atom. The van der Waals surface area contributed by atoms with E-state index in [1.165, 1.54) is 25.5 Å². The fraction of sp³-hybridized carbons (Fsp3) is 0.371. The Balaban J connectivity index is 1.37. The van der Waals surface area contributed by atoms with Crippen molar-refractivity contribution in [3.63, 3.8) is 0 Å². The van der Waals surface area contributed by atoms with Crippen LogP contribution in [-0.4, -0.2) is 87.7 Å². The van der Waals surface area contributed by atoms with Gasteiger partial charge in [0.25, 0.3) is 15.9 Å². The van der Waals surface area contributed by atoms with Crippen molar-refractivity contribution in [1.29, 1.82) is 0 Å². The van der Waals surface area contributed by atoms with Gasteiger partial charge in [0, 0.05) is 55.4 Å². The SMILES string of the molecule is COc1ccc(S(=O)(=O)N2C(=O)C(c3cc(CN4CCN(C)CC4)cc4c3OCO4)(N3CCCC3c3ncco3)c3cc(Cl)ccc32)cc1. The number of carbonyl (C=O) groups excluding carboxylic acids is 1. The third kappa shape index (κ3) is 5.18. The van der Waals surface area contributed by atoms with E-state index in [0.717, 1.165) is 36.0 Å². The third-order valence-corrected chi connectivity index (χ3v) is 11.9. The molecule has 4 aliphatic heterocycles. The molecule has 0 bridgehead atoms. The van der Waals surface area contributed by atoms with Crippen molar-refractivity contribution in [3.05, 3.63) is 94.7 Å². The van der Waals surface area contributed by atoms with Crippen molar-refractivity contribution in [3.8, 4) is 17.2 Å². The summed E-state index contributed by atoms with van der Waals surface area (Å²) in [6.07, 6.45) is 4.43. The Kier molecular flexibility index (Phi) is 8.07. The minimum Gasteiger partial charge on any atom is -0.497 e. The van der Waals surface area contributed by atoms with Gasteiger partial charge in [-0.25, -0.2) is 17.7 Å². The molecule has 49 heavy (non-hydrogen) atoms. The summed E-state index contributed by atoms with van der Waals surface area (Å²) >= 11 is 6.72. The average Bonchev–Trinajstić information content (AvgIpc) is 3.92. The molecule has 4 aliphatic rings. The smallest absolute Gasteiger partial charge is 0.271 e.